The van der Waals surface area contributed by atoms with Crippen molar-refractivity contribution in [1.29, 1.82) is 0 Å². The van der Waals surface area contributed by atoms with Crippen molar-refractivity contribution in [3.05, 3.63) is 11.8 Å². The molecule has 1 N–H and O–H groups in total. The predicted molar refractivity (Wildman–Crippen MR) is 71.1 cm³/mol. The highest BCUT2D eigenvalue weighted by Crippen LogP contribution is 2.21. The van der Waals surface area contributed by atoms with Gasteiger partial charge in [-0.25, -0.2) is 0 Å². The van der Waals surface area contributed by atoms with Gasteiger partial charge in [0.15, 0.2) is 0 Å². The van der Waals surface area contributed by atoms with Crippen molar-refractivity contribution >= 4 is 0 Å². The number of nitrogens with one attached hydrogen (secondary N) is 1. The van der Waals surface area contributed by atoms with Gasteiger partial charge in [-0.15, -0.1) is 0 Å². The van der Waals surface area contributed by atoms with Crippen LogP contribution in [0.4, 0.5) is 0 Å². The van der Waals surface area contributed by atoms with E-state index in [1.165, 1.54) is 5.57 Å². The molecule has 0 spiro atoms. The minimum absolute atomic E-state index is 0.263. The summed E-state index contributed by atoms with van der Waals surface area (Å²) in [6.45, 7) is 9.10. The maximum atomic E-state index is 5.84. The number of hydrogen-bond donors (Lipinski definition) is 1. The monoisotopic (exact) mass is 241 g/mol. The lowest BCUT2D eigenvalue weighted by Gasteiger charge is -2.30. The van der Waals surface area contributed by atoms with Crippen LogP contribution in [0.25, 0.3) is 0 Å². The normalized spacial score (nSPS) is 19.4. The van der Waals surface area contributed by atoms with Gasteiger partial charge in [0.2, 0.25) is 0 Å². The number of hydrogen-bond acceptors (Lipinski definition) is 3. The highest BCUT2D eigenvalue weighted by Gasteiger charge is 2.24. The lowest BCUT2D eigenvalue weighted by Crippen LogP contribution is -2.43. The molecule has 3 heteroatoms. The van der Waals surface area contributed by atoms with Gasteiger partial charge in [0, 0.05) is 6.61 Å². The fourth-order valence-corrected chi connectivity index (χ4v) is 2.28. The molecule has 0 fully saturated rings. The lowest BCUT2D eigenvalue weighted by molar-refractivity contribution is 0.0376. The molecule has 0 amide bonds. The topological polar surface area (TPSA) is 30.5 Å². The molecule has 1 rings (SSSR count). The van der Waals surface area contributed by atoms with E-state index in [2.05, 4.69) is 26.1 Å². The van der Waals surface area contributed by atoms with Gasteiger partial charge in [0.1, 0.15) is 0 Å². The van der Waals surface area contributed by atoms with E-state index in [4.69, 9.17) is 9.47 Å². The van der Waals surface area contributed by atoms with Gasteiger partial charge in [0.05, 0.1) is 25.0 Å². The summed E-state index contributed by atoms with van der Waals surface area (Å²) in [6.07, 6.45) is 6.64. The Morgan fingerprint density at radius 2 is 2.24 bits per heavy atom. The van der Waals surface area contributed by atoms with Crippen LogP contribution in [-0.2, 0) is 9.47 Å². The summed E-state index contributed by atoms with van der Waals surface area (Å²) in [4.78, 5) is 0. The third-order valence-electron chi connectivity index (χ3n) is 3.13. The van der Waals surface area contributed by atoms with Gasteiger partial charge in [0.25, 0.3) is 0 Å². The Morgan fingerprint density at radius 3 is 2.76 bits per heavy atom. The maximum absolute atomic E-state index is 5.84. The summed E-state index contributed by atoms with van der Waals surface area (Å²) in [5.41, 5.74) is 1.37. The van der Waals surface area contributed by atoms with E-state index < -0.39 is 0 Å². The highest BCUT2D eigenvalue weighted by atomic mass is 16.5. The molecule has 0 aromatic heterocycles. The van der Waals surface area contributed by atoms with Crippen LogP contribution in [0, 0.1) is 0 Å². The number of rotatable bonds is 8. The molecule has 2 unspecified atom stereocenters. The Kier molecular flexibility index (Phi) is 7.29. The molecule has 100 valence electrons. The highest BCUT2D eigenvalue weighted by molar-refractivity contribution is 5.12. The molecule has 0 radical (unpaired) electrons. The third-order valence-corrected chi connectivity index (χ3v) is 3.13. The fourth-order valence-electron chi connectivity index (χ4n) is 2.28. The zero-order chi connectivity index (χ0) is 12.5. The molecule has 0 saturated carbocycles. The molecular weight excluding hydrogens is 214 g/mol. The van der Waals surface area contributed by atoms with Crippen molar-refractivity contribution in [1.82, 2.24) is 5.32 Å². The van der Waals surface area contributed by atoms with E-state index >= 15 is 0 Å². The van der Waals surface area contributed by atoms with Crippen LogP contribution >= 0.6 is 0 Å². The molecule has 2 atom stereocenters. The zero-order valence-corrected chi connectivity index (χ0v) is 11.5. The van der Waals surface area contributed by atoms with E-state index in [0.29, 0.717) is 6.04 Å². The van der Waals surface area contributed by atoms with Gasteiger partial charge in [-0.3, -0.25) is 0 Å². The summed E-state index contributed by atoms with van der Waals surface area (Å²) in [5, 5.41) is 3.60. The van der Waals surface area contributed by atoms with Crippen molar-refractivity contribution in [2.24, 2.45) is 0 Å². The molecule has 17 heavy (non-hydrogen) atoms. The second-order valence-electron chi connectivity index (χ2n) is 4.50. The van der Waals surface area contributed by atoms with E-state index in [0.717, 1.165) is 45.4 Å². The van der Waals surface area contributed by atoms with E-state index in [9.17, 15) is 0 Å². The fraction of sp³-hybridized carbons (Fsp3) is 0.857. The first-order valence-corrected chi connectivity index (χ1v) is 6.98. The smallest absolute Gasteiger partial charge is 0.0876 e. The van der Waals surface area contributed by atoms with Gasteiger partial charge < -0.3 is 14.8 Å². The zero-order valence-electron chi connectivity index (χ0n) is 11.5. The summed E-state index contributed by atoms with van der Waals surface area (Å²) >= 11 is 0. The average Bonchev–Trinajstić information content (AvgIpc) is 2.39. The van der Waals surface area contributed by atoms with Gasteiger partial charge in [-0.1, -0.05) is 13.8 Å². The van der Waals surface area contributed by atoms with Crippen molar-refractivity contribution < 1.29 is 9.47 Å². The summed E-state index contributed by atoms with van der Waals surface area (Å²) in [7, 11) is 0. The second kappa shape index (κ2) is 8.54. The van der Waals surface area contributed by atoms with Crippen LogP contribution in [0.3, 0.4) is 0 Å². The van der Waals surface area contributed by atoms with Crippen molar-refractivity contribution in [2.75, 3.05) is 19.8 Å². The molecule has 0 saturated heterocycles. The third kappa shape index (κ3) is 4.68. The Hall–Kier alpha value is -0.540. The molecule has 1 aliphatic rings. The molecule has 1 aliphatic heterocycles. The van der Waals surface area contributed by atoms with Crippen LogP contribution in [0.5, 0.6) is 0 Å². The minimum atomic E-state index is 0.263. The molecule has 0 aromatic carbocycles. The Morgan fingerprint density at radius 1 is 1.41 bits per heavy atom. The van der Waals surface area contributed by atoms with Crippen molar-refractivity contribution in [2.45, 2.75) is 58.6 Å². The van der Waals surface area contributed by atoms with Crippen molar-refractivity contribution in [3.8, 4) is 0 Å². The SMILES string of the molecule is CCCNC(C1=COCCC1)C(CC)OCC. The van der Waals surface area contributed by atoms with Crippen LogP contribution in [0.2, 0.25) is 0 Å². The summed E-state index contributed by atoms with van der Waals surface area (Å²) in [5.74, 6) is 0. The average molecular weight is 241 g/mol. The molecule has 0 aromatic rings. The summed E-state index contributed by atoms with van der Waals surface area (Å²) in [6, 6.07) is 0.320. The van der Waals surface area contributed by atoms with E-state index in [1.807, 2.05) is 6.26 Å². The molecule has 3 nitrogen and oxygen atoms in total. The Bertz CT molecular complexity index is 228. The first-order valence-electron chi connectivity index (χ1n) is 6.98. The van der Waals surface area contributed by atoms with Crippen molar-refractivity contribution in [3.63, 3.8) is 0 Å². The van der Waals surface area contributed by atoms with Gasteiger partial charge >= 0.3 is 0 Å². The first-order chi connectivity index (χ1) is 8.33. The maximum Gasteiger partial charge on any atom is 0.0876 e. The first kappa shape index (κ1) is 14.5. The van der Waals surface area contributed by atoms with Gasteiger partial charge in [-0.2, -0.15) is 0 Å². The van der Waals surface area contributed by atoms with Crippen LogP contribution in [0.15, 0.2) is 11.8 Å². The van der Waals surface area contributed by atoms with Crippen LogP contribution in [-0.4, -0.2) is 31.9 Å². The molecule has 1 heterocycles. The minimum Gasteiger partial charge on any atom is -0.501 e. The van der Waals surface area contributed by atoms with Crippen LogP contribution in [0.1, 0.15) is 46.5 Å². The molecule has 0 aliphatic carbocycles. The second-order valence-corrected chi connectivity index (χ2v) is 4.50. The standard InChI is InChI=1S/C14H27NO2/c1-4-9-15-14(13(5-2)17-6-3)12-8-7-10-16-11-12/h11,13-15H,4-10H2,1-3H3. The Labute approximate surface area is 106 Å². The Balaban J connectivity index is 2.65. The quantitative estimate of drug-likeness (QED) is 0.709. The molecule has 0 bridgehead atoms. The molecular formula is C14H27NO2. The number of ether oxygens (including phenoxy) is 2. The van der Waals surface area contributed by atoms with Crippen LogP contribution < -0.4 is 5.32 Å². The predicted octanol–water partition coefficient (Wildman–Crippen LogP) is 2.86. The van der Waals surface area contributed by atoms with Gasteiger partial charge in [-0.05, 0) is 44.7 Å². The van der Waals surface area contributed by atoms with E-state index in [-0.39, 0.29) is 6.10 Å². The van der Waals surface area contributed by atoms with E-state index in [1.54, 1.807) is 0 Å². The largest absolute Gasteiger partial charge is 0.501 e. The lowest BCUT2D eigenvalue weighted by atomic mass is 9.95. The summed E-state index contributed by atoms with van der Waals surface area (Å²) < 4.78 is 11.3.